The van der Waals surface area contributed by atoms with Crippen LogP contribution >= 0.6 is 23.2 Å². The van der Waals surface area contributed by atoms with E-state index in [2.05, 4.69) is 0 Å². The Labute approximate surface area is 123 Å². The molecule has 0 saturated carbocycles. The number of carboxylic acids is 1. The maximum absolute atomic E-state index is 11.4. The smallest absolute Gasteiger partial charge is 0.320 e. The summed E-state index contributed by atoms with van der Waals surface area (Å²) in [6.07, 6.45) is 2.67. The Hall–Kier alpha value is -0.770. The maximum atomic E-state index is 11.4. The SMILES string of the molecule is CC(c1cc(Cl)ccc1Cl)N1CCCCC1C(=O)O. The number of hydrogen-bond donors (Lipinski definition) is 1. The summed E-state index contributed by atoms with van der Waals surface area (Å²) in [6, 6.07) is 4.84. The molecule has 1 aliphatic heterocycles. The molecule has 2 atom stereocenters. The van der Waals surface area contributed by atoms with Crippen LogP contribution in [0.4, 0.5) is 0 Å². The van der Waals surface area contributed by atoms with Gasteiger partial charge in [-0.2, -0.15) is 0 Å². The number of nitrogens with zero attached hydrogens (tertiary/aromatic N) is 1. The predicted octanol–water partition coefficient (Wildman–Crippen LogP) is 3.99. The summed E-state index contributed by atoms with van der Waals surface area (Å²) in [5.74, 6) is -0.760. The Morgan fingerprint density at radius 1 is 1.42 bits per heavy atom. The highest BCUT2D eigenvalue weighted by atomic mass is 35.5. The molecule has 3 nitrogen and oxygen atoms in total. The molecule has 1 saturated heterocycles. The van der Waals surface area contributed by atoms with Crippen LogP contribution in [0.25, 0.3) is 0 Å². The lowest BCUT2D eigenvalue weighted by Gasteiger charge is -2.38. The van der Waals surface area contributed by atoms with E-state index in [-0.39, 0.29) is 6.04 Å². The summed E-state index contributed by atoms with van der Waals surface area (Å²) in [4.78, 5) is 13.4. The third-order valence-electron chi connectivity index (χ3n) is 3.73. The quantitative estimate of drug-likeness (QED) is 0.917. The molecule has 0 radical (unpaired) electrons. The number of carboxylic acid groups (broad SMARTS) is 1. The molecule has 19 heavy (non-hydrogen) atoms. The van der Waals surface area contributed by atoms with E-state index >= 15 is 0 Å². The lowest BCUT2D eigenvalue weighted by molar-refractivity contribution is -0.145. The number of aliphatic carboxylic acids is 1. The Bertz CT molecular complexity index is 479. The number of benzene rings is 1. The van der Waals surface area contributed by atoms with E-state index in [0.29, 0.717) is 16.5 Å². The number of hydrogen-bond acceptors (Lipinski definition) is 2. The summed E-state index contributed by atoms with van der Waals surface area (Å²) in [7, 11) is 0. The van der Waals surface area contributed by atoms with Crippen molar-refractivity contribution in [1.29, 1.82) is 0 Å². The van der Waals surface area contributed by atoms with Gasteiger partial charge in [0.1, 0.15) is 6.04 Å². The van der Waals surface area contributed by atoms with Gasteiger partial charge in [-0.3, -0.25) is 9.69 Å². The Kier molecular flexibility index (Phi) is 4.71. The number of halogens is 2. The Balaban J connectivity index is 2.28. The molecular weight excluding hydrogens is 285 g/mol. The second kappa shape index (κ2) is 6.12. The van der Waals surface area contributed by atoms with Crippen LogP contribution in [0, 0.1) is 0 Å². The lowest BCUT2D eigenvalue weighted by atomic mass is 9.97. The molecule has 0 bridgehead atoms. The van der Waals surface area contributed by atoms with Crippen LogP contribution in [0.5, 0.6) is 0 Å². The zero-order valence-corrected chi connectivity index (χ0v) is 12.3. The van der Waals surface area contributed by atoms with Crippen LogP contribution in [0.3, 0.4) is 0 Å². The van der Waals surface area contributed by atoms with Gasteiger partial charge in [0, 0.05) is 16.1 Å². The summed E-state index contributed by atoms with van der Waals surface area (Å²) >= 11 is 12.2. The number of piperidine rings is 1. The van der Waals surface area contributed by atoms with E-state index < -0.39 is 12.0 Å². The molecule has 0 aliphatic carbocycles. The normalized spacial score (nSPS) is 22.2. The second-order valence-electron chi connectivity index (χ2n) is 4.93. The van der Waals surface area contributed by atoms with Gasteiger partial charge in [-0.1, -0.05) is 29.6 Å². The summed E-state index contributed by atoms with van der Waals surface area (Å²) in [6.45, 7) is 2.76. The van der Waals surface area contributed by atoms with E-state index in [9.17, 15) is 9.90 Å². The average Bonchev–Trinajstić information content (AvgIpc) is 2.40. The zero-order chi connectivity index (χ0) is 14.0. The first-order chi connectivity index (χ1) is 9.00. The summed E-state index contributed by atoms with van der Waals surface area (Å²) < 4.78 is 0. The van der Waals surface area contributed by atoms with Crippen LogP contribution in [-0.4, -0.2) is 28.6 Å². The van der Waals surface area contributed by atoms with Crippen molar-refractivity contribution >= 4 is 29.2 Å². The highest BCUT2D eigenvalue weighted by Crippen LogP contribution is 2.33. The van der Waals surface area contributed by atoms with Crippen LogP contribution in [-0.2, 0) is 4.79 Å². The van der Waals surface area contributed by atoms with E-state index in [1.165, 1.54) is 0 Å². The fourth-order valence-electron chi connectivity index (χ4n) is 2.70. The van der Waals surface area contributed by atoms with Crippen molar-refractivity contribution in [2.75, 3.05) is 6.54 Å². The van der Waals surface area contributed by atoms with Crippen molar-refractivity contribution < 1.29 is 9.90 Å². The molecule has 0 spiro atoms. The van der Waals surface area contributed by atoms with Gasteiger partial charge < -0.3 is 5.11 Å². The molecule has 2 rings (SSSR count). The molecule has 1 aliphatic rings. The first kappa shape index (κ1) is 14.6. The van der Waals surface area contributed by atoms with Gasteiger partial charge >= 0.3 is 5.97 Å². The first-order valence-corrected chi connectivity index (χ1v) is 7.20. The van der Waals surface area contributed by atoms with Gasteiger partial charge in [-0.25, -0.2) is 0 Å². The molecule has 1 N–H and O–H groups in total. The standard InChI is InChI=1S/C14H17Cl2NO2/c1-9(11-8-10(15)5-6-12(11)16)17-7-3-2-4-13(17)14(18)19/h5-6,8-9,13H,2-4,7H2,1H3,(H,18,19). The molecule has 1 aromatic carbocycles. The fraction of sp³-hybridized carbons (Fsp3) is 0.500. The fourth-order valence-corrected chi connectivity index (χ4v) is 3.15. The monoisotopic (exact) mass is 301 g/mol. The highest BCUT2D eigenvalue weighted by molar-refractivity contribution is 6.33. The molecule has 2 unspecified atom stereocenters. The minimum absolute atomic E-state index is 0.0485. The zero-order valence-electron chi connectivity index (χ0n) is 10.8. The predicted molar refractivity (Wildman–Crippen MR) is 76.9 cm³/mol. The van der Waals surface area contributed by atoms with Crippen molar-refractivity contribution in [3.63, 3.8) is 0 Å². The van der Waals surface area contributed by atoms with Gasteiger partial charge in [0.05, 0.1) is 0 Å². The molecule has 104 valence electrons. The van der Waals surface area contributed by atoms with Gasteiger partial charge in [0.2, 0.25) is 0 Å². The van der Waals surface area contributed by atoms with Gasteiger partial charge in [0.25, 0.3) is 0 Å². The molecule has 0 amide bonds. The molecule has 0 aromatic heterocycles. The second-order valence-corrected chi connectivity index (χ2v) is 5.77. The minimum atomic E-state index is -0.760. The topological polar surface area (TPSA) is 40.5 Å². The van der Waals surface area contributed by atoms with Crippen molar-refractivity contribution in [2.24, 2.45) is 0 Å². The molecule has 1 heterocycles. The summed E-state index contributed by atoms with van der Waals surface area (Å²) in [5, 5.41) is 10.6. The van der Waals surface area contributed by atoms with Crippen molar-refractivity contribution in [3.8, 4) is 0 Å². The van der Waals surface area contributed by atoms with Crippen LogP contribution in [0.15, 0.2) is 18.2 Å². The highest BCUT2D eigenvalue weighted by Gasteiger charge is 2.32. The van der Waals surface area contributed by atoms with Crippen molar-refractivity contribution in [2.45, 2.75) is 38.3 Å². The summed E-state index contributed by atoms with van der Waals surface area (Å²) in [5.41, 5.74) is 0.891. The third-order valence-corrected chi connectivity index (χ3v) is 4.31. The number of likely N-dealkylation sites (tertiary alicyclic amines) is 1. The van der Waals surface area contributed by atoms with Gasteiger partial charge in [-0.05, 0) is 50.1 Å². The van der Waals surface area contributed by atoms with Crippen LogP contribution in [0.1, 0.15) is 37.8 Å². The van der Waals surface area contributed by atoms with Crippen molar-refractivity contribution in [1.82, 2.24) is 4.90 Å². The largest absolute Gasteiger partial charge is 0.480 e. The third kappa shape index (κ3) is 3.22. The van der Waals surface area contributed by atoms with E-state index in [1.807, 2.05) is 17.9 Å². The average molecular weight is 302 g/mol. The Morgan fingerprint density at radius 2 is 2.16 bits per heavy atom. The molecule has 1 fully saturated rings. The van der Waals surface area contributed by atoms with E-state index in [1.54, 1.807) is 12.1 Å². The number of carbonyl (C=O) groups is 1. The van der Waals surface area contributed by atoms with Gasteiger partial charge in [0.15, 0.2) is 0 Å². The van der Waals surface area contributed by atoms with Gasteiger partial charge in [-0.15, -0.1) is 0 Å². The molecule has 5 heteroatoms. The van der Waals surface area contributed by atoms with Crippen LogP contribution < -0.4 is 0 Å². The minimum Gasteiger partial charge on any atom is -0.480 e. The van der Waals surface area contributed by atoms with E-state index in [0.717, 1.165) is 24.9 Å². The molecule has 1 aromatic rings. The molecular formula is C14H17Cl2NO2. The Morgan fingerprint density at radius 3 is 2.84 bits per heavy atom. The number of rotatable bonds is 3. The van der Waals surface area contributed by atoms with Crippen LogP contribution in [0.2, 0.25) is 10.0 Å². The van der Waals surface area contributed by atoms with E-state index in [4.69, 9.17) is 23.2 Å². The van der Waals surface area contributed by atoms with Crippen molar-refractivity contribution in [3.05, 3.63) is 33.8 Å². The first-order valence-electron chi connectivity index (χ1n) is 6.44. The lowest BCUT2D eigenvalue weighted by Crippen LogP contribution is -2.45. The maximum Gasteiger partial charge on any atom is 0.320 e.